The lowest BCUT2D eigenvalue weighted by molar-refractivity contribution is 0.577. The molecule has 1 aromatic rings. The second kappa shape index (κ2) is 5.15. The number of hydrogen-bond acceptors (Lipinski definition) is 3. The molecule has 16 heavy (non-hydrogen) atoms. The van der Waals surface area contributed by atoms with E-state index in [1.54, 1.807) is 0 Å². The third kappa shape index (κ3) is 3.19. The quantitative estimate of drug-likeness (QED) is 0.573. The molecule has 5 nitrogen and oxygen atoms in total. The Morgan fingerprint density at radius 1 is 1.31 bits per heavy atom. The predicted octanol–water partition coefficient (Wildman–Crippen LogP) is 1.02. The van der Waals surface area contributed by atoms with Crippen LogP contribution in [0, 0.1) is 0 Å². The van der Waals surface area contributed by atoms with Crippen molar-refractivity contribution in [3.8, 4) is 0 Å². The number of nitrogens with two attached hydrogens (primary N) is 1. The van der Waals surface area contributed by atoms with E-state index in [0.29, 0.717) is 0 Å². The first-order valence-electron chi connectivity index (χ1n) is 3.86. The summed E-state index contributed by atoms with van der Waals surface area (Å²) in [5.74, 6) is 0. The van der Waals surface area contributed by atoms with E-state index in [1.165, 1.54) is 18.2 Å². The van der Waals surface area contributed by atoms with Gasteiger partial charge < -0.3 is 5.73 Å². The molecule has 0 fully saturated rings. The zero-order chi connectivity index (χ0) is 12.3. The van der Waals surface area contributed by atoms with Crippen molar-refractivity contribution in [2.45, 2.75) is 4.90 Å². The van der Waals surface area contributed by atoms with Crippen molar-refractivity contribution in [1.82, 2.24) is 10.3 Å². The minimum absolute atomic E-state index is 0.00439. The first-order chi connectivity index (χ1) is 7.34. The molecule has 9 heteroatoms. The monoisotopic (exact) mass is 299 g/mol. The average molecular weight is 300 g/mol. The number of sulfonamides is 1. The molecule has 0 bridgehead atoms. The Labute approximate surface area is 108 Å². The fourth-order valence-corrected chi connectivity index (χ4v) is 3.03. The van der Waals surface area contributed by atoms with Gasteiger partial charge in [-0.2, -0.15) is 0 Å². The molecule has 0 aliphatic heterocycles. The molecule has 0 amide bonds. The van der Waals surface area contributed by atoms with Crippen LogP contribution in [0.4, 0.5) is 0 Å². The van der Waals surface area contributed by atoms with Crippen LogP contribution in [-0.4, -0.2) is 13.5 Å². The summed E-state index contributed by atoms with van der Waals surface area (Å²) in [5.41, 5.74) is 7.17. The zero-order valence-corrected chi connectivity index (χ0v) is 10.8. The summed E-state index contributed by atoms with van der Waals surface area (Å²) in [6.07, 6.45) is 0. The van der Waals surface area contributed by atoms with Gasteiger partial charge in [-0.25, -0.2) is 8.42 Å². The van der Waals surface area contributed by atoms with Crippen LogP contribution in [0.25, 0.3) is 0 Å². The normalized spacial score (nSPS) is 11.1. The minimum atomic E-state index is -3.91. The molecule has 0 atom stereocenters. The second-order valence-electron chi connectivity index (χ2n) is 2.65. The molecular weight excluding hydrogens is 293 g/mol. The Balaban J connectivity index is 3.12. The summed E-state index contributed by atoms with van der Waals surface area (Å²) in [6.45, 7) is 0. The molecule has 0 radical (unpaired) electrons. The van der Waals surface area contributed by atoms with Crippen LogP contribution in [0.5, 0.6) is 0 Å². The fourth-order valence-electron chi connectivity index (χ4n) is 0.908. The fraction of sp³-hybridized carbons (Fsp3) is 0. The minimum Gasteiger partial charge on any atom is -0.375 e. The highest BCUT2D eigenvalue weighted by Crippen LogP contribution is 2.28. The van der Waals surface area contributed by atoms with E-state index in [4.69, 9.17) is 28.9 Å². The molecule has 1 rings (SSSR count). The maximum absolute atomic E-state index is 11.7. The number of benzene rings is 1. The van der Waals surface area contributed by atoms with Crippen molar-refractivity contribution in [2.75, 3.05) is 0 Å². The number of rotatable bonds is 3. The summed E-state index contributed by atoms with van der Waals surface area (Å²) in [5, 5.41) is -0.207. The molecule has 0 heterocycles. The first-order valence-corrected chi connectivity index (χ1v) is 6.50. The highest BCUT2D eigenvalue weighted by molar-refractivity contribution is 7.89. The summed E-state index contributed by atoms with van der Waals surface area (Å²) in [7, 11) is -3.91. The Kier molecular flexibility index (Phi) is 4.34. The topological polar surface area (TPSA) is 84.2 Å². The van der Waals surface area contributed by atoms with Crippen molar-refractivity contribution in [3.63, 3.8) is 0 Å². The summed E-state index contributed by atoms with van der Waals surface area (Å²) in [6, 6.07) is 4.34. The molecule has 0 aliphatic carbocycles. The van der Waals surface area contributed by atoms with Gasteiger partial charge in [0.1, 0.15) is 4.90 Å². The maximum atomic E-state index is 11.7. The SMILES string of the molecule is NC(=S)NNS(=O)(=O)c1c(Cl)cccc1Cl. The Bertz CT molecular complexity index is 498. The van der Waals surface area contributed by atoms with Crippen LogP contribution >= 0.6 is 35.4 Å². The van der Waals surface area contributed by atoms with Gasteiger partial charge in [0.15, 0.2) is 5.11 Å². The number of halogens is 2. The molecule has 4 N–H and O–H groups in total. The lowest BCUT2D eigenvalue weighted by atomic mass is 10.4. The van der Waals surface area contributed by atoms with E-state index in [9.17, 15) is 8.42 Å². The summed E-state index contributed by atoms with van der Waals surface area (Å²) >= 11 is 15.9. The Morgan fingerprint density at radius 3 is 2.25 bits per heavy atom. The maximum Gasteiger partial charge on any atom is 0.260 e. The van der Waals surface area contributed by atoms with E-state index in [0.717, 1.165) is 0 Å². The third-order valence-corrected chi connectivity index (χ3v) is 3.80. The number of thiocarbonyl (C=S) groups is 1. The van der Waals surface area contributed by atoms with Crippen molar-refractivity contribution in [1.29, 1.82) is 0 Å². The van der Waals surface area contributed by atoms with Gasteiger partial charge >= 0.3 is 0 Å². The summed E-state index contributed by atoms with van der Waals surface area (Å²) in [4.78, 5) is 1.71. The lowest BCUT2D eigenvalue weighted by Gasteiger charge is -2.10. The van der Waals surface area contributed by atoms with Crippen LogP contribution < -0.4 is 16.0 Å². The molecule has 0 saturated heterocycles. The van der Waals surface area contributed by atoms with Crippen LogP contribution in [0.2, 0.25) is 10.0 Å². The molecule has 88 valence electrons. The number of nitrogens with one attached hydrogen (secondary N) is 2. The van der Waals surface area contributed by atoms with Crippen molar-refractivity contribution in [2.24, 2.45) is 5.73 Å². The van der Waals surface area contributed by atoms with Gasteiger partial charge in [-0.05, 0) is 24.4 Å². The van der Waals surface area contributed by atoms with Crippen LogP contribution in [0.15, 0.2) is 23.1 Å². The van der Waals surface area contributed by atoms with Crippen LogP contribution in [-0.2, 0) is 10.0 Å². The predicted molar refractivity (Wildman–Crippen MR) is 66.7 cm³/mol. The molecular formula is C7H7Cl2N3O2S2. The molecule has 0 aliphatic rings. The van der Waals surface area contributed by atoms with Gasteiger partial charge in [0.2, 0.25) is 0 Å². The van der Waals surface area contributed by atoms with Gasteiger partial charge in [0.25, 0.3) is 10.0 Å². The average Bonchev–Trinajstić information content (AvgIpc) is 2.14. The van der Waals surface area contributed by atoms with E-state index in [2.05, 4.69) is 17.6 Å². The van der Waals surface area contributed by atoms with Crippen molar-refractivity contribution < 1.29 is 8.42 Å². The Morgan fingerprint density at radius 2 is 1.81 bits per heavy atom. The standard InChI is InChI=1S/C7H7Cl2N3O2S2/c8-4-2-1-3-5(9)6(4)16(13,14)12-11-7(10)15/h1-3,12H,(H3,10,11,15). The Hall–Kier alpha value is -0.600. The zero-order valence-electron chi connectivity index (χ0n) is 7.70. The largest absolute Gasteiger partial charge is 0.375 e. The lowest BCUT2D eigenvalue weighted by Crippen LogP contribution is -2.44. The van der Waals surface area contributed by atoms with Gasteiger partial charge in [-0.1, -0.05) is 29.3 Å². The molecule has 0 unspecified atom stereocenters. The molecule has 0 aromatic heterocycles. The molecule has 0 spiro atoms. The van der Waals surface area contributed by atoms with E-state index in [1.807, 2.05) is 4.83 Å². The van der Waals surface area contributed by atoms with Crippen molar-refractivity contribution >= 4 is 50.6 Å². The van der Waals surface area contributed by atoms with Gasteiger partial charge in [0, 0.05) is 0 Å². The van der Waals surface area contributed by atoms with Gasteiger partial charge in [0.05, 0.1) is 10.0 Å². The summed E-state index contributed by atoms with van der Waals surface area (Å²) < 4.78 is 23.4. The first kappa shape index (κ1) is 13.5. The third-order valence-electron chi connectivity index (χ3n) is 1.50. The van der Waals surface area contributed by atoms with Crippen molar-refractivity contribution in [3.05, 3.63) is 28.2 Å². The van der Waals surface area contributed by atoms with Crippen LogP contribution in [0.1, 0.15) is 0 Å². The molecule has 0 saturated carbocycles. The number of hydrazine groups is 1. The van der Waals surface area contributed by atoms with E-state index >= 15 is 0 Å². The van der Waals surface area contributed by atoms with E-state index in [-0.39, 0.29) is 20.1 Å². The smallest absolute Gasteiger partial charge is 0.260 e. The highest BCUT2D eigenvalue weighted by Gasteiger charge is 2.21. The van der Waals surface area contributed by atoms with Gasteiger partial charge in [-0.15, -0.1) is 4.83 Å². The van der Waals surface area contributed by atoms with Gasteiger partial charge in [-0.3, -0.25) is 5.43 Å². The second-order valence-corrected chi connectivity index (χ2v) is 5.52. The highest BCUT2D eigenvalue weighted by atomic mass is 35.5. The van der Waals surface area contributed by atoms with Crippen LogP contribution in [0.3, 0.4) is 0 Å². The van der Waals surface area contributed by atoms with E-state index < -0.39 is 10.0 Å². The molecule has 1 aromatic carbocycles. The number of hydrogen-bond donors (Lipinski definition) is 3.